The molecule has 1 aliphatic heterocycles. The van der Waals surface area contributed by atoms with E-state index in [2.05, 4.69) is 5.32 Å². The Balaban J connectivity index is 1.83. The molecule has 6 nitrogen and oxygen atoms in total. The van der Waals surface area contributed by atoms with Gasteiger partial charge in [0.25, 0.3) is 5.91 Å². The Kier molecular flexibility index (Phi) is 6.56. The number of hydrogen-bond donors (Lipinski definition) is 2. The minimum atomic E-state index is -1.31. The monoisotopic (exact) mass is 348 g/mol. The summed E-state index contributed by atoms with van der Waals surface area (Å²) < 4.78 is 11.1. The van der Waals surface area contributed by atoms with Gasteiger partial charge in [-0.15, -0.1) is 0 Å². The number of benzene rings is 1. The van der Waals surface area contributed by atoms with Crippen LogP contribution in [0.3, 0.4) is 0 Å². The maximum atomic E-state index is 12.6. The van der Waals surface area contributed by atoms with Crippen LogP contribution in [0.25, 0.3) is 0 Å². The fraction of sp³-hybridized carbons (Fsp3) is 0.579. The van der Waals surface area contributed by atoms with Gasteiger partial charge in [-0.2, -0.15) is 0 Å². The molecule has 1 aromatic carbocycles. The molecule has 25 heavy (non-hydrogen) atoms. The molecule has 2 rings (SSSR count). The molecule has 3 N–H and O–H groups in total. The van der Waals surface area contributed by atoms with E-state index in [1.54, 1.807) is 0 Å². The molecule has 138 valence electrons. The molecule has 0 saturated carbocycles. The lowest BCUT2D eigenvalue weighted by Gasteiger charge is -2.31. The van der Waals surface area contributed by atoms with Gasteiger partial charge < -0.3 is 20.5 Å². The third-order valence-corrected chi connectivity index (χ3v) is 4.58. The zero-order valence-electron chi connectivity index (χ0n) is 15.0. The average molecular weight is 348 g/mol. The summed E-state index contributed by atoms with van der Waals surface area (Å²) in [5.74, 6) is -1.06. The molecule has 0 aliphatic carbocycles. The van der Waals surface area contributed by atoms with Gasteiger partial charge >= 0.3 is 5.97 Å². The lowest BCUT2D eigenvalue weighted by molar-refractivity contribution is -0.170. The zero-order chi connectivity index (χ0) is 18.3. The Morgan fingerprint density at radius 1 is 1.28 bits per heavy atom. The highest BCUT2D eigenvalue weighted by Gasteiger charge is 2.45. The number of nitrogens with two attached hydrogens (primary N) is 1. The van der Waals surface area contributed by atoms with E-state index >= 15 is 0 Å². The lowest BCUT2D eigenvalue weighted by Crippen LogP contribution is -2.53. The molecular weight excluding hydrogens is 320 g/mol. The number of ether oxygens (including phenoxy) is 2. The van der Waals surface area contributed by atoms with E-state index in [9.17, 15) is 9.59 Å². The standard InChI is InChI=1S/C19H28N2O4/c1-18(2,16(20)22)25-17(23)19(10-6-12-21-19)11-7-13-24-14-15-8-4-3-5-9-15/h3-5,8-9,21H,6-7,10-14H2,1-2H3,(H2,20,22). The van der Waals surface area contributed by atoms with E-state index in [0.717, 1.165) is 24.9 Å². The van der Waals surface area contributed by atoms with Gasteiger partial charge in [-0.3, -0.25) is 9.59 Å². The summed E-state index contributed by atoms with van der Waals surface area (Å²) >= 11 is 0. The van der Waals surface area contributed by atoms with Crippen LogP contribution >= 0.6 is 0 Å². The molecule has 1 aliphatic rings. The topological polar surface area (TPSA) is 90.7 Å². The van der Waals surface area contributed by atoms with Crippen LogP contribution in [0.2, 0.25) is 0 Å². The van der Waals surface area contributed by atoms with Crippen LogP contribution < -0.4 is 11.1 Å². The van der Waals surface area contributed by atoms with Crippen molar-refractivity contribution in [2.45, 2.75) is 57.3 Å². The summed E-state index contributed by atoms with van der Waals surface area (Å²) in [5.41, 5.74) is 4.37. The van der Waals surface area contributed by atoms with Gasteiger partial charge in [0, 0.05) is 6.61 Å². The van der Waals surface area contributed by atoms with Crippen LogP contribution in [0.5, 0.6) is 0 Å². The number of rotatable bonds is 9. The first-order valence-corrected chi connectivity index (χ1v) is 8.76. The predicted molar refractivity (Wildman–Crippen MR) is 94.7 cm³/mol. The molecule has 1 atom stereocenters. The van der Waals surface area contributed by atoms with Crippen LogP contribution in [0.4, 0.5) is 0 Å². The van der Waals surface area contributed by atoms with E-state index in [1.165, 1.54) is 13.8 Å². The van der Waals surface area contributed by atoms with Crippen molar-refractivity contribution in [3.05, 3.63) is 35.9 Å². The highest BCUT2D eigenvalue weighted by atomic mass is 16.6. The van der Waals surface area contributed by atoms with Gasteiger partial charge in [0.05, 0.1) is 6.61 Å². The minimum Gasteiger partial charge on any atom is -0.448 e. The third kappa shape index (κ3) is 5.28. The minimum absolute atomic E-state index is 0.406. The number of hydrogen-bond acceptors (Lipinski definition) is 5. The summed E-state index contributed by atoms with van der Waals surface area (Å²) in [4.78, 5) is 24.1. The van der Waals surface area contributed by atoms with E-state index in [1.807, 2.05) is 30.3 Å². The fourth-order valence-electron chi connectivity index (χ4n) is 2.92. The molecule has 0 radical (unpaired) electrons. The molecule has 0 bridgehead atoms. The Bertz CT molecular complexity index is 580. The van der Waals surface area contributed by atoms with Gasteiger partial charge in [0.15, 0.2) is 5.60 Å². The maximum Gasteiger partial charge on any atom is 0.327 e. The van der Waals surface area contributed by atoms with Crippen LogP contribution in [0.1, 0.15) is 45.1 Å². The first-order valence-electron chi connectivity index (χ1n) is 8.76. The van der Waals surface area contributed by atoms with Crippen molar-refractivity contribution in [3.8, 4) is 0 Å². The Labute approximate surface area is 149 Å². The van der Waals surface area contributed by atoms with Gasteiger partial charge in [-0.1, -0.05) is 30.3 Å². The lowest BCUT2D eigenvalue weighted by atomic mass is 9.91. The molecule has 1 aromatic rings. The Morgan fingerprint density at radius 3 is 2.60 bits per heavy atom. The molecule has 6 heteroatoms. The van der Waals surface area contributed by atoms with Gasteiger partial charge in [0.1, 0.15) is 5.54 Å². The molecule has 1 fully saturated rings. The first-order chi connectivity index (χ1) is 11.9. The Morgan fingerprint density at radius 2 is 2.00 bits per heavy atom. The van der Waals surface area contributed by atoms with Crippen molar-refractivity contribution in [1.29, 1.82) is 0 Å². The average Bonchev–Trinajstić information content (AvgIpc) is 3.05. The summed E-state index contributed by atoms with van der Waals surface area (Å²) in [5, 5.41) is 3.26. The van der Waals surface area contributed by atoms with Crippen molar-refractivity contribution in [3.63, 3.8) is 0 Å². The van der Waals surface area contributed by atoms with Gasteiger partial charge in [-0.25, -0.2) is 0 Å². The normalized spacial score (nSPS) is 20.4. The molecule has 1 saturated heterocycles. The molecule has 0 aromatic heterocycles. The highest BCUT2D eigenvalue weighted by molar-refractivity contribution is 5.88. The van der Waals surface area contributed by atoms with E-state index < -0.39 is 23.0 Å². The summed E-state index contributed by atoms with van der Waals surface area (Å²) in [6, 6.07) is 9.96. The second-order valence-electron chi connectivity index (χ2n) is 7.02. The second kappa shape index (κ2) is 8.45. The summed E-state index contributed by atoms with van der Waals surface area (Å²) in [7, 11) is 0. The van der Waals surface area contributed by atoms with Crippen molar-refractivity contribution >= 4 is 11.9 Å². The van der Waals surface area contributed by atoms with Crippen LogP contribution in [0, 0.1) is 0 Å². The van der Waals surface area contributed by atoms with Crippen molar-refractivity contribution in [2.24, 2.45) is 5.73 Å². The summed E-state index contributed by atoms with van der Waals surface area (Å²) in [6.07, 6.45) is 2.93. The van der Waals surface area contributed by atoms with E-state index in [0.29, 0.717) is 26.1 Å². The first kappa shape index (κ1) is 19.4. The predicted octanol–water partition coefficient (Wildman–Crippen LogP) is 1.91. The number of primary amides is 1. The number of carbonyl (C=O) groups excluding carboxylic acids is 2. The number of carbonyl (C=O) groups is 2. The summed E-state index contributed by atoms with van der Waals surface area (Å²) in [6.45, 7) is 4.90. The van der Waals surface area contributed by atoms with E-state index in [4.69, 9.17) is 15.2 Å². The van der Waals surface area contributed by atoms with Crippen LogP contribution in [0.15, 0.2) is 30.3 Å². The smallest absolute Gasteiger partial charge is 0.327 e. The van der Waals surface area contributed by atoms with Crippen LogP contribution in [-0.4, -0.2) is 36.2 Å². The molecular formula is C19H28N2O4. The highest BCUT2D eigenvalue weighted by Crippen LogP contribution is 2.28. The number of nitrogens with one attached hydrogen (secondary N) is 1. The zero-order valence-corrected chi connectivity index (χ0v) is 15.0. The molecule has 1 heterocycles. The van der Waals surface area contributed by atoms with Crippen molar-refractivity contribution < 1.29 is 19.1 Å². The third-order valence-electron chi connectivity index (χ3n) is 4.58. The quantitative estimate of drug-likeness (QED) is 0.525. The molecule has 1 unspecified atom stereocenters. The fourth-order valence-corrected chi connectivity index (χ4v) is 2.92. The molecule has 0 spiro atoms. The van der Waals surface area contributed by atoms with Crippen LogP contribution in [-0.2, 0) is 25.7 Å². The van der Waals surface area contributed by atoms with E-state index in [-0.39, 0.29) is 0 Å². The maximum absolute atomic E-state index is 12.6. The second-order valence-corrected chi connectivity index (χ2v) is 7.02. The van der Waals surface area contributed by atoms with Gasteiger partial charge in [0.2, 0.25) is 0 Å². The number of amides is 1. The molecule has 1 amide bonds. The van der Waals surface area contributed by atoms with Crippen molar-refractivity contribution in [2.75, 3.05) is 13.2 Å². The van der Waals surface area contributed by atoms with Gasteiger partial charge in [-0.05, 0) is 51.6 Å². The number of esters is 1. The Hall–Kier alpha value is -1.92. The SMILES string of the molecule is CC(C)(OC(=O)C1(CCCOCc2ccccc2)CCCN1)C(N)=O. The largest absolute Gasteiger partial charge is 0.448 e. The van der Waals surface area contributed by atoms with Crippen molar-refractivity contribution in [1.82, 2.24) is 5.32 Å².